The summed E-state index contributed by atoms with van der Waals surface area (Å²) in [5.74, 6) is 1.31. The summed E-state index contributed by atoms with van der Waals surface area (Å²) in [5.41, 5.74) is 0. The van der Waals surface area contributed by atoms with Gasteiger partial charge in [0.05, 0.1) is 0 Å². The quantitative estimate of drug-likeness (QED) is 0.597. The van der Waals surface area contributed by atoms with Crippen molar-refractivity contribution in [2.24, 2.45) is 0 Å². The minimum atomic E-state index is 0.415. The molecule has 0 aromatic carbocycles. The molecule has 0 saturated heterocycles. The van der Waals surface area contributed by atoms with Crippen LogP contribution in [0.25, 0.3) is 0 Å². The van der Waals surface area contributed by atoms with E-state index in [9.17, 15) is 0 Å². The molecule has 14 heavy (non-hydrogen) atoms. The summed E-state index contributed by atoms with van der Waals surface area (Å²) >= 11 is 10.7. The molecule has 4 nitrogen and oxygen atoms in total. The van der Waals surface area contributed by atoms with Gasteiger partial charge in [-0.15, -0.1) is 0 Å². The summed E-state index contributed by atoms with van der Waals surface area (Å²) in [6.45, 7) is 1.96. The molecule has 76 valence electrons. The third kappa shape index (κ3) is 3.08. The number of aromatic nitrogens is 2. The Morgan fingerprint density at radius 1 is 1.57 bits per heavy atom. The Morgan fingerprint density at radius 2 is 2.29 bits per heavy atom. The van der Waals surface area contributed by atoms with Crippen molar-refractivity contribution in [2.45, 2.75) is 13.3 Å². The van der Waals surface area contributed by atoms with Crippen LogP contribution in [0, 0.1) is 0 Å². The van der Waals surface area contributed by atoms with Crippen LogP contribution >= 0.6 is 23.8 Å². The summed E-state index contributed by atoms with van der Waals surface area (Å²) in [4.78, 5) is 8.24. The maximum absolute atomic E-state index is 5.80. The molecule has 1 aromatic heterocycles. The highest BCUT2D eigenvalue weighted by molar-refractivity contribution is 7.80. The zero-order chi connectivity index (χ0) is 10.6. The van der Waals surface area contributed by atoms with Crippen LogP contribution < -0.4 is 10.6 Å². The van der Waals surface area contributed by atoms with Crippen LogP contribution in [0.4, 0.5) is 5.82 Å². The lowest BCUT2D eigenvalue weighted by molar-refractivity contribution is 0.943. The van der Waals surface area contributed by atoms with Crippen molar-refractivity contribution >= 4 is 34.7 Å². The molecule has 0 radical (unpaired) electrons. The van der Waals surface area contributed by atoms with E-state index in [2.05, 4.69) is 20.6 Å². The minimum absolute atomic E-state index is 0.415. The molecule has 0 spiro atoms. The Labute approximate surface area is 93.1 Å². The van der Waals surface area contributed by atoms with Gasteiger partial charge in [-0.05, 0) is 12.2 Å². The number of anilines is 1. The van der Waals surface area contributed by atoms with Gasteiger partial charge >= 0.3 is 0 Å². The van der Waals surface area contributed by atoms with E-state index in [1.807, 2.05) is 6.92 Å². The van der Waals surface area contributed by atoms with Crippen LogP contribution in [-0.2, 0) is 6.42 Å². The van der Waals surface area contributed by atoms with Crippen LogP contribution in [0.1, 0.15) is 12.7 Å². The second-order valence-corrected chi connectivity index (χ2v) is 3.35. The Kier molecular flexibility index (Phi) is 4.03. The van der Waals surface area contributed by atoms with Crippen LogP contribution in [0.2, 0.25) is 5.15 Å². The van der Waals surface area contributed by atoms with Gasteiger partial charge in [0.1, 0.15) is 16.8 Å². The van der Waals surface area contributed by atoms with Crippen molar-refractivity contribution in [2.75, 3.05) is 12.4 Å². The van der Waals surface area contributed by atoms with Gasteiger partial charge in [0, 0.05) is 19.5 Å². The first-order valence-electron chi connectivity index (χ1n) is 4.18. The van der Waals surface area contributed by atoms with Crippen LogP contribution in [-0.4, -0.2) is 22.1 Å². The highest BCUT2D eigenvalue weighted by Gasteiger charge is 2.02. The average molecular weight is 231 g/mol. The molecule has 0 atom stereocenters. The lowest BCUT2D eigenvalue weighted by atomic mass is 10.4. The van der Waals surface area contributed by atoms with Crippen molar-refractivity contribution in [3.05, 3.63) is 17.0 Å². The van der Waals surface area contributed by atoms with Crippen molar-refractivity contribution in [1.29, 1.82) is 0 Å². The minimum Gasteiger partial charge on any atom is -0.365 e. The first-order chi connectivity index (χ1) is 6.65. The van der Waals surface area contributed by atoms with Crippen LogP contribution in [0.3, 0.4) is 0 Å². The molecular weight excluding hydrogens is 220 g/mol. The van der Waals surface area contributed by atoms with Crippen molar-refractivity contribution in [3.8, 4) is 0 Å². The number of thiocarbonyl (C=S) groups is 1. The third-order valence-corrected chi connectivity index (χ3v) is 2.03. The molecule has 1 aromatic rings. The molecular formula is C8H11ClN4S. The maximum Gasteiger partial charge on any atom is 0.171 e. The summed E-state index contributed by atoms with van der Waals surface area (Å²) in [6.07, 6.45) is 0.738. The Hall–Kier alpha value is -0.940. The molecule has 0 aliphatic rings. The Balaban J connectivity index is 2.86. The van der Waals surface area contributed by atoms with Gasteiger partial charge in [-0.25, -0.2) is 9.97 Å². The maximum atomic E-state index is 5.80. The van der Waals surface area contributed by atoms with Gasteiger partial charge in [0.15, 0.2) is 5.11 Å². The summed E-state index contributed by atoms with van der Waals surface area (Å²) in [7, 11) is 1.73. The van der Waals surface area contributed by atoms with E-state index < -0.39 is 0 Å². The molecule has 6 heteroatoms. The second kappa shape index (κ2) is 5.07. The highest BCUT2D eigenvalue weighted by Crippen LogP contribution is 2.11. The van der Waals surface area contributed by atoms with E-state index in [1.54, 1.807) is 13.1 Å². The molecule has 0 amide bonds. The molecule has 1 heterocycles. The van der Waals surface area contributed by atoms with E-state index in [4.69, 9.17) is 23.8 Å². The molecule has 0 aliphatic heterocycles. The number of halogens is 1. The summed E-state index contributed by atoms with van der Waals surface area (Å²) in [6, 6.07) is 1.63. The van der Waals surface area contributed by atoms with Crippen LogP contribution in [0.15, 0.2) is 6.07 Å². The Bertz CT molecular complexity index is 342. The van der Waals surface area contributed by atoms with Gasteiger partial charge < -0.3 is 10.6 Å². The fourth-order valence-electron chi connectivity index (χ4n) is 0.866. The SMILES string of the molecule is CCc1nc(Cl)cc(NC(=S)NC)n1. The van der Waals surface area contributed by atoms with Crippen molar-refractivity contribution in [1.82, 2.24) is 15.3 Å². The predicted octanol–water partition coefficient (Wildman–Crippen LogP) is 1.61. The van der Waals surface area contributed by atoms with Gasteiger partial charge in [-0.3, -0.25) is 0 Å². The number of hydrogen-bond donors (Lipinski definition) is 2. The normalized spacial score (nSPS) is 9.64. The summed E-state index contributed by atoms with van der Waals surface area (Å²) in [5, 5.41) is 6.60. The highest BCUT2D eigenvalue weighted by atomic mass is 35.5. The standard InChI is InChI=1S/C8H11ClN4S/c1-3-6-11-5(9)4-7(12-6)13-8(14)10-2/h4H,3H2,1-2H3,(H2,10,11,12,13,14). The van der Waals surface area contributed by atoms with Crippen molar-refractivity contribution < 1.29 is 0 Å². The lowest BCUT2D eigenvalue weighted by Crippen LogP contribution is -2.24. The molecule has 2 N–H and O–H groups in total. The number of nitrogens with one attached hydrogen (secondary N) is 2. The first-order valence-corrected chi connectivity index (χ1v) is 4.96. The number of rotatable bonds is 2. The van der Waals surface area contributed by atoms with E-state index in [0.29, 0.717) is 21.9 Å². The third-order valence-electron chi connectivity index (χ3n) is 1.53. The number of hydrogen-bond acceptors (Lipinski definition) is 3. The topological polar surface area (TPSA) is 49.8 Å². The Morgan fingerprint density at radius 3 is 2.86 bits per heavy atom. The molecule has 0 unspecified atom stereocenters. The number of nitrogens with zero attached hydrogens (tertiary/aromatic N) is 2. The van der Waals surface area contributed by atoms with Crippen LogP contribution in [0.5, 0.6) is 0 Å². The van der Waals surface area contributed by atoms with Gasteiger partial charge in [-0.1, -0.05) is 18.5 Å². The lowest BCUT2D eigenvalue weighted by Gasteiger charge is -2.07. The molecule has 0 aliphatic carbocycles. The van der Waals surface area contributed by atoms with Gasteiger partial charge in [-0.2, -0.15) is 0 Å². The molecule has 0 fully saturated rings. The monoisotopic (exact) mass is 230 g/mol. The fraction of sp³-hybridized carbons (Fsp3) is 0.375. The zero-order valence-electron chi connectivity index (χ0n) is 7.97. The smallest absolute Gasteiger partial charge is 0.171 e. The predicted molar refractivity (Wildman–Crippen MR) is 61.7 cm³/mol. The second-order valence-electron chi connectivity index (χ2n) is 2.55. The zero-order valence-corrected chi connectivity index (χ0v) is 9.54. The molecule has 0 bridgehead atoms. The van der Waals surface area contributed by atoms with E-state index in [1.165, 1.54) is 0 Å². The van der Waals surface area contributed by atoms with Gasteiger partial charge in [0.2, 0.25) is 0 Å². The van der Waals surface area contributed by atoms with E-state index >= 15 is 0 Å². The van der Waals surface area contributed by atoms with E-state index in [-0.39, 0.29) is 0 Å². The van der Waals surface area contributed by atoms with E-state index in [0.717, 1.165) is 6.42 Å². The van der Waals surface area contributed by atoms with Gasteiger partial charge in [0.25, 0.3) is 0 Å². The first kappa shape index (κ1) is 11.1. The van der Waals surface area contributed by atoms with Crippen molar-refractivity contribution in [3.63, 3.8) is 0 Å². The summed E-state index contributed by atoms with van der Waals surface area (Å²) < 4.78 is 0. The number of aryl methyl sites for hydroxylation is 1. The fourth-order valence-corrected chi connectivity index (χ4v) is 1.17. The molecule has 1 rings (SSSR count). The molecule has 0 saturated carbocycles. The largest absolute Gasteiger partial charge is 0.365 e. The average Bonchev–Trinajstić information content (AvgIpc) is 2.16.